The lowest BCUT2D eigenvalue weighted by molar-refractivity contribution is -0.132. The Morgan fingerprint density at radius 3 is 2.64 bits per heavy atom. The van der Waals surface area contributed by atoms with Gasteiger partial charge < -0.3 is 24.1 Å². The van der Waals surface area contributed by atoms with Gasteiger partial charge in [-0.2, -0.15) is 0 Å². The van der Waals surface area contributed by atoms with E-state index in [9.17, 15) is 24.6 Å². The second kappa shape index (κ2) is 11.1. The molecule has 1 atom stereocenters. The molecule has 1 fully saturated rings. The van der Waals surface area contributed by atoms with Gasteiger partial charge in [0.05, 0.1) is 29.6 Å². The maximum atomic E-state index is 13.7. The summed E-state index contributed by atoms with van der Waals surface area (Å²) >= 11 is 0.884. The quantitative estimate of drug-likeness (QED) is 0.0976. The van der Waals surface area contributed by atoms with E-state index in [1.165, 1.54) is 24.3 Å². The van der Waals surface area contributed by atoms with Crippen molar-refractivity contribution >= 4 is 45.5 Å². The number of hydrogen-bond acceptors (Lipinski definition) is 10. The topological polar surface area (TPSA) is 144 Å². The van der Waals surface area contributed by atoms with Gasteiger partial charge in [0.25, 0.3) is 5.78 Å². The number of aliphatic hydroxyl groups is 1. The lowest BCUT2D eigenvalue weighted by Crippen LogP contribution is -2.29. The molecule has 2 N–H and O–H groups in total. The van der Waals surface area contributed by atoms with Crippen molar-refractivity contribution in [2.45, 2.75) is 33.7 Å². The lowest BCUT2D eigenvalue weighted by Gasteiger charge is -2.23. The molecule has 0 aliphatic carbocycles. The molecule has 0 saturated carbocycles. The van der Waals surface area contributed by atoms with Crippen LogP contribution in [0, 0.1) is 20.8 Å². The predicted molar refractivity (Wildman–Crippen MR) is 156 cm³/mol. The molecule has 216 valence electrons. The fourth-order valence-electron chi connectivity index (χ4n) is 4.87. The third kappa shape index (κ3) is 4.69. The van der Waals surface area contributed by atoms with Crippen LogP contribution in [-0.2, 0) is 14.3 Å². The first-order chi connectivity index (χ1) is 20.1. The normalized spacial score (nSPS) is 16.3. The summed E-state index contributed by atoms with van der Waals surface area (Å²) in [5.41, 5.74) is 2.58. The number of hydrogen-bond donors (Lipinski definition) is 2. The van der Waals surface area contributed by atoms with Crippen molar-refractivity contribution in [3.05, 3.63) is 87.8 Å². The monoisotopic (exact) mass is 588 g/mol. The third-order valence-corrected chi connectivity index (χ3v) is 8.00. The number of aryl methyl sites for hydroxylation is 3. The van der Waals surface area contributed by atoms with E-state index in [0.29, 0.717) is 22.6 Å². The van der Waals surface area contributed by atoms with Gasteiger partial charge in [0.2, 0.25) is 0 Å². The highest BCUT2D eigenvalue weighted by Gasteiger charge is 2.49. The average Bonchev–Trinajstić information content (AvgIpc) is 3.60. The lowest BCUT2D eigenvalue weighted by atomic mass is 9.96. The number of nitrogens with zero attached hydrogens (tertiary/aromatic N) is 4. The molecule has 12 heteroatoms. The molecule has 42 heavy (non-hydrogen) atoms. The summed E-state index contributed by atoms with van der Waals surface area (Å²) in [7, 11) is 0. The van der Waals surface area contributed by atoms with Gasteiger partial charge in [0, 0.05) is 6.20 Å². The molecule has 1 aliphatic heterocycles. The molecule has 0 spiro atoms. The van der Waals surface area contributed by atoms with E-state index >= 15 is 0 Å². The minimum Gasteiger partial charge on any atom is -0.505 e. The van der Waals surface area contributed by atoms with Gasteiger partial charge >= 0.3 is 11.9 Å². The standard InChI is InChI=1S/C30H28N4O7S/c1-6-13-41-29(39)26-16(4)31-30(42-26)34-23(18-10-11-19(35)20(14-18)40-7-2)21(25(37)28(34)38)24(36)22-17(5)33-12-8-9-15(3)27(33)32-22/h6,8-12,14,23,35-36H,1,7,13H2,2-5H3. The summed E-state index contributed by atoms with van der Waals surface area (Å²) in [6.45, 7) is 10.7. The van der Waals surface area contributed by atoms with Gasteiger partial charge in [-0.25, -0.2) is 14.8 Å². The van der Waals surface area contributed by atoms with Crippen molar-refractivity contribution in [1.82, 2.24) is 14.4 Å². The molecular weight excluding hydrogens is 560 g/mol. The van der Waals surface area contributed by atoms with Crippen LogP contribution >= 0.6 is 11.3 Å². The smallest absolute Gasteiger partial charge is 0.350 e. The largest absolute Gasteiger partial charge is 0.505 e. The fourth-order valence-corrected chi connectivity index (χ4v) is 5.85. The number of pyridine rings is 1. The highest BCUT2D eigenvalue weighted by molar-refractivity contribution is 7.17. The summed E-state index contributed by atoms with van der Waals surface area (Å²) < 4.78 is 12.5. The maximum absolute atomic E-state index is 13.7. The zero-order valence-corrected chi connectivity index (χ0v) is 24.2. The van der Waals surface area contributed by atoms with Gasteiger partial charge in [-0.05, 0) is 57.0 Å². The number of ether oxygens (including phenoxy) is 2. The molecule has 0 bridgehead atoms. The molecule has 1 unspecified atom stereocenters. The number of benzene rings is 1. The molecule has 1 saturated heterocycles. The number of rotatable bonds is 8. The number of ketones is 1. The number of thiazole rings is 1. The SMILES string of the molecule is C=CCOC(=O)c1sc(N2C(=O)C(=O)C(=C(O)c3nc4c(C)cccn4c3C)C2c2ccc(O)c(OCC)c2)nc1C. The summed E-state index contributed by atoms with van der Waals surface area (Å²) in [6.07, 6.45) is 3.22. The highest BCUT2D eigenvalue weighted by Crippen LogP contribution is 2.45. The van der Waals surface area contributed by atoms with Gasteiger partial charge in [-0.15, -0.1) is 0 Å². The molecule has 11 nitrogen and oxygen atoms in total. The Labute approximate surface area is 245 Å². The Bertz CT molecular complexity index is 1800. The number of aromatic nitrogens is 3. The predicted octanol–water partition coefficient (Wildman–Crippen LogP) is 4.79. The average molecular weight is 589 g/mol. The van der Waals surface area contributed by atoms with Crippen molar-refractivity contribution in [1.29, 1.82) is 0 Å². The Morgan fingerprint density at radius 2 is 1.95 bits per heavy atom. The number of fused-ring (bicyclic) bond motifs is 1. The Kier molecular flexibility index (Phi) is 7.57. The van der Waals surface area contributed by atoms with Gasteiger partial charge in [0.15, 0.2) is 22.4 Å². The molecule has 3 aromatic heterocycles. The zero-order chi connectivity index (χ0) is 30.3. The number of anilines is 1. The van der Waals surface area contributed by atoms with Crippen molar-refractivity contribution in [2.75, 3.05) is 18.1 Å². The van der Waals surface area contributed by atoms with Crippen LogP contribution < -0.4 is 9.64 Å². The van der Waals surface area contributed by atoms with Crippen molar-refractivity contribution in [3.8, 4) is 11.5 Å². The summed E-state index contributed by atoms with van der Waals surface area (Å²) in [6, 6.07) is 6.93. The second-order valence-corrected chi connectivity index (χ2v) is 10.5. The number of amides is 1. The molecule has 1 aliphatic rings. The fraction of sp³-hybridized carbons (Fsp3) is 0.233. The van der Waals surface area contributed by atoms with Crippen LogP contribution in [0.2, 0.25) is 0 Å². The Hall–Kier alpha value is -4.97. The number of carbonyl (C=O) groups excluding carboxylic acids is 3. The molecule has 4 heterocycles. The van der Waals surface area contributed by atoms with Crippen LogP contribution in [0.15, 0.2) is 54.8 Å². The first-order valence-corrected chi connectivity index (χ1v) is 13.9. The number of phenols is 1. The van der Waals surface area contributed by atoms with E-state index in [0.717, 1.165) is 21.8 Å². The first kappa shape index (κ1) is 28.6. The second-order valence-electron chi connectivity index (χ2n) is 9.56. The summed E-state index contributed by atoms with van der Waals surface area (Å²) in [5.74, 6) is -3.04. The first-order valence-electron chi connectivity index (χ1n) is 13.1. The van der Waals surface area contributed by atoms with E-state index in [-0.39, 0.29) is 46.0 Å². The van der Waals surface area contributed by atoms with E-state index in [1.807, 2.05) is 19.1 Å². The Morgan fingerprint density at radius 1 is 1.19 bits per heavy atom. The minimum absolute atomic E-state index is 0.0123. The van der Waals surface area contributed by atoms with E-state index < -0.39 is 29.5 Å². The van der Waals surface area contributed by atoms with E-state index in [4.69, 9.17) is 9.47 Å². The number of carbonyl (C=O) groups is 3. The summed E-state index contributed by atoms with van der Waals surface area (Å²) in [5, 5.41) is 22.1. The highest BCUT2D eigenvalue weighted by atomic mass is 32.1. The van der Waals surface area contributed by atoms with E-state index in [2.05, 4.69) is 16.5 Å². The molecule has 0 radical (unpaired) electrons. The van der Waals surface area contributed by atoms with Crippen molar-refractivity contribution < 1.29 is 34.1 Å². The van der Waals surface area contributed by atoms with Crippen LogP contribution in [0.4, 0.5) is 5.13 Å². The van der Waals surface area contributed by atoms with Crippen LogP contribution in [0.1, 0.15) is 50.8 Å². The number of aliphatic hydroxyl groups excluding tert-OH is 1. The number of aromatic hydroxyl groups is 1. The van der Waals surface area contributed by atoms with Gasteiger partial charge in [-0.1, -0.05) is 36.1 Å². The molecular formula is C30H28N4O7S. The Balaban J connectivity index is 1.74. The molecule has 5 rings (SSSR count). The third-order valence-electron chi connectivity index (χ3n) is 6.86. The summed E-state index contributed by atoms with van der Waals surface area (Å²) in [4.78, 5) is 50.3. The van der Waals surface area contributed by atoms with Crippen molar-refractivity contribution in [2.24, 2.45) is 0 Å². The van der Waals surface area contributed by atoms with Crippen LogP contribution in [0.3, 0.4) is 0 Å². The van der Waals surface area contributed by atoms with E-state index in [1.54, 1.807) is 31.4 Å². The maximum Gasteiger partial charge on any atom is 0.350 e. The van der Waals surface area contributed by atoms with Crippen LogP contribution in [-0.4, -0.2) is 55.5 Å². The van der Waals surface area contributed by atoms with Crippen LogP contribution in [0.25, 0.3) is 11.4 Å². The van der Waals surface area contributed by atoms with Gasteiger partial charge in [0.1, 0.15) is 22.8 Å². The number of phenolic OH excluding ortho intramolecular Hbond substituents is 1. The zero-order valence-electron chi connectivity index (χ0n) is 23.4. The number of Topliss-reactive ketones (excluding diaryl/α,β-unsaturated/α-hetero) is 1. The molecule has 1 amide bonds. The number of esters is 1. The van der Waals surface area contributed by atoms with Crippen molar-refractivity contribution in [3.63, 3.8) is 0 Å². The minimum atomic E-state index is -1.18. The van der Waals surface area contributed by atoms with Gasteiger partial charge in [-0.3, -0.25) is 14.5 Å². The number of imidazole rings is 1. The molecule has 1 aromatic carbocycles. The van der Waals surface area contributed by atoms with Crippen LogP contribution in [0.5, 0.6) is 11.5 Å². The molecule has 4 aromatic rings.